The molecule has 0 saturated heterocycles. The summed E-state index contributed by atoms with van der Waals surface area (Å²) < 4.78 is 54.6. The van der Waals surface area contributed by atoms with E-state index < -0.39 is 52.0 Å². The summed E-state index contributed by atoms with van der Waals surface area (Å²) in [6.45, 7) is 7.89. The number of halogens is 4. The first-order valence-electron chi connectivity index (χ1n) is 10.8. The molecular weight excluding hydrogens is 464 g/mol. The second-order valence-corrected chi connectivity index (χ2v) is 9.42. The standard InChI is InChI=1S/C25H26F4N4O2/c1-13(30-23(35)25(4,5)15-8-18(28)11-19(29)9-15)22(34)31-21-12-20(32-33-21)24(2,3)14-6-16(26)10-17(27)7-14/h6-13H,1-5H3,(H,30,35)(H2,31,32,33,34)/t13-/m0/s1. The first-order valence-corrected chi connectivity index (χ1v) is 10.8. The minimum absolute atomic E-state index is 0.119. The lowest BCUT2D eigenvalue weighted by atomic mass is 9.81. The zero-order chi connectivity index (χ0) is 26.1. The Balaban J connectivity index is 1.69. The van der Waals surface area contributed by atoms with E-state index in [2.05, 4.69) is 20.8 Å². The van der Waals surface area contributed by atoms with Crippen molar-refractivity contribution < 1.29 is 27.2 Å². The third-order valence-electron chi connectivity index (χ3n) is 5.98. The molecule has 3 rings (SSSR count). The van der Waals surface area contributed by atoms with Crippen LogP contribution < -0.4 is 10.6 Å². The van der Waals surface area contributed by atoms with Crippen molar-refractivity contribution in [3.8, 4) is 0 Å². The number of aromatic amines is 1. The zero-order valence-corrected chi connectivity index (χ0v) is 19.9. The number of hydrogen-bond donors (Lipinski definition) is 3. The number of carbonyl (C=O) groups excluding carboxylic acids is 2. The van der Waals surface area contributed by atoms with Crippen molar-refractivity contribution in [2.45, 2.75) is 51.5 Å². The van der Waals surface area contributed by atoms with E-state index in [-0.39, 0.29) is 11.4 Å². The second kappa shape index (κ2) is 9.52. The van der Waals surface area contributed by atoms with E-state index in [1.165, 1.54) is 39.0 Å². The molecule has 0 aliphatic carbocycles. The summed E-state index contributed by atoms with van der Waals surface area (Å²) in [5.41, 5.74) is -1.20. The third-order valence-corrected chi connectivity index (χ3v) is 5.98. The van der Waals surface area contributed by atoms with Crippen LogP contribution in [0.5, 0.6) is 0 Å². The first-order chi connectivity index (χ1) is 16.2. The summed E-state index contributed by atoms with van der Waals surface area (Å²) in [7, 11) is 0. The molecule has 3 N–H and O–H groups in total. The average molecular weight is 491 g/mol. The van der Waals surface area contributed by atoms with Gasteiger partial charge in [-0.25, -0.2) is 17.6 Å². The molecule has 1 heterocycles. The molecule has 0 fully saturated rings. The van der Waals surface area contributed by atoms with Crippen molar-refractivity contribution in [1.82, 2.24) is 15.5 Å². The predicted octanol–water partition coefficient (Wildman–Crippen LogP) is 4.71. The number of nitrogens with zero attached hydrogens (tertiary/aromatic N) is 1. The van der Waals surface area contributed by atoms with Crippen LogP contribution in [0.1, 0.15) is 51.4 Å². The Morgan fingerprint density at radius 1 is 0.829 bits per heavy atom. The summed E-state index contributed by atoms with van der Waals surface area (Å²) in [6, 6.07) is 6.55. The minimum Gasteiger partial charge on any atom is -0.344 e. The number of carbonyl (C=O) groups is 2. The molecule has 3 aromatic rings. The van der Waals surface area contributed by atoms with Crippen molar-refractivity contribution in [3.05, 3.63) is 82.6 Å². The van der Waals surface area contributed by atoms with Crippen LogP contribution in [0.4, 0.5) is 23.4 Å². The van der Waals surface area contributed by atoms with Gasteiger partial charge in [0.05, 0.1) is 5.41 Å². The monoisotopic (exact) mass is 490 g/mol. The number of amides is 2. The number of nitrogens with one attached hydrogen (secondary N) is 3. The lowest BCUT2D eigenvalue weighted by molar-refractivity contribution is -0.129. The quantitative estimate of drug-likeness (QED) is 0.419. The molecule has 2 aromatic carbocycles. The highest BCUT2D eigenvalue weighted by Gasteiger charge is 2.33. The van der Waals surface area contributed by atoms with Crippen LogP contribution >= 0.6 is 0 Å². The highest BCUT2D eigenvalue weighted by atomic mass is 19.1. The van der Waals surface area contributed by atoms with Gasteiger partial charge in [0.15, 0.2) is 5.82 Å². The van der Waals surface area contributed by atoms with Crippen LogP contribution in [-0.4, -0.2) is 28.1 Å². The van der Waals surface area contributed by atoms with Crippen molar-refractivity contribution in [2.75, 3.05) is 5.32 Å². The van der Waals surface area contributed by atoms with Crippen LogP contribution in [0, 0.1) is 23.3 Å². The van der Waals surface area contributed by atoms with E-state index in [9.17, 15) is 27.2 Å². The molecule has 0 radical (unpaired) electrons. The molecule has 35 heavy (non-hydrogen) atoms. The summed E-state index contributed by atoms with van der Waals surface area (Å²) in [4.78, 5) is 25.4. The maximum absolute atomic E-state index is 13.7. The number of H-pyrrole nitrogens is 1. The fourth-order valence-electron chi connectivity index (χ4n) is 3.50. The van der Waals surface area contributed by atoms with E-state index in [0.717, 1.165) is 18.2 Å². The number of hydrogen-bond acceptors (Lipinski definition) is 3. The smallest absolute Gasteiger partial charge is 0.247 e. The Morgan fingerprint density at radius 2 is 1.31 bits per heavy atom. The molecule has 0 saturated carbocycles. The molecule has 0 aliphatic rings. The van der Waals surface area contributed by atoms with E-state index in [0.29, 0.717) is 17.3 Å². The van der Waals surface area contributed by atoms with Gasteiger partial charge in [-0.15, -0.1) is 0 Å². The Bertz CT molecular complexity index is 1230. The SMILES string of the molecule is C[C@H](NC(=O)C(C)(C)c1cc(F)cc(F)c1)C(=O)Nc1cc(C(C)(C)c2cc(F)cc(F)c2)[nH]n1. The number of benzene rings is 2. The first kappa shape index (κ1) is 25.9. The van der Waals surface area contributed by atoms with Crippen molar-refractivity contribution in [3.63, 3.8) is 0 Å². The van der Waals surface area contributed by atoms with E-state index in [1.807, 2.05) is 0 Å². The van der Waals surface area contributed by atoms with Gasteiger partial charge in [-0.3, -0.25) is 14.7 Å². The van der Waals surface area contributed by atoms with Gasteiger partial charge in [0.1, 0.15) is 29.3 Å². The molecule has 6 nitrogen and oxygen atoms in total. The maximum Gasteiger partial charge on any atom is 0.247 e. The number of rotatable bonds is 7. The van der Waals surface area contributed by atoms with Gasteiger partial charge in [0.25, 0.3) is 0 Å². The third kappa shape index (κ3) is 5.70. The Labute approximate surface area is 200 Å². The van der Waals surface area contributed by atoms with Gasteiger partial charge in [-0.2, -0.15) is 5.10 Å². The maximum atomic E-state index is 13.7. The summed E-state index contributed by atoms with van der Waals surface area (Å²) in [6.07, 6.45) is 0. The minimum atomic E-state index is -1.32. The van der Waals surface area contributed by atoms with Gasteiger partial charge in [0, 0.05) is 29.3 Å². The summed E-state index contributed by atoms with van der Waals surface area (Å²) in [5.74, 6) is -4.11. The topological polar surface area (TPSA) is 86.9 Å². The normalized spacial score (nSPS) is 12.8. The Morgan fingerprint density at radius 3 is 1.83 bits per heavy atom. The predicted molar refractivity (Wildman–Crippen MR) is 123 cm³/mol. The zero-order valence-electron chi connectivity index (χ0n) is 19.9. The highest BCUT2D eigenvalue weighted by Crippen LogP contribution is 2.32. The summed E-state index contributed by atoms with van der Waals surface area (Å²) in [5, 5.41) is 11.9. The molecule has 0 bridgehead atoms. The van der Waals surface area contributed by atoms with Gasteiger partial charge >= 0.3 is 0 Å². The van der Waals surface area contributed by atoms with Crippen LogP contribution in [0.3, 0.4) is 0 Å². The van der Waals surface area contributed by atoms with E-state index in [1.54, 1.807) is 13.8 Å². The van der Waals surface area contributed by atoms with Crippen molar-refractivity contribution >= 4 is 17.6 Å². The summed E-state index contributed by atoms with van der Waals surface area (Å²) >= 11 is 0. The molecule has 10 heteroatoms. The Hall–Kier alpha value is -3.69. The fourth-order valence-corrected chi connectivity index (χ4v) is 3.50. The molecule has 0 unspecified atom stereocenters. The van der Waals surface area contributed by atoms with Crippen LogP contribution in [0.25, 0.3) is 0 Å². The number of aromatic nitrogens is 2. The van der Waals surface area contributed by atoms with Crippen LogP contribution in [0.2, 0.25) is 0 Å². The van der Waals surface area contributed by atoms with Gasteiger partial charge in [-0.1, -0.05) is 13.8 Å². The van der Waals surface area contributed by atoms with Crippen LogP contribution in [-0.2, 0) is 20.4 Å². The largest absolute Gasteiger partial charge is 0.344 e. The Kier molecular flexibility index (Phi) is 7.05. The van der Waals surface area contributed by atoms with Crippen LogP contribution in [0.15, 0.2) is 42.5 Å². The molecule has 0 aliphatic heterocycles. The molecule has 0 spiro atoms. The molecular formula is C25H26F4N4O2. The van der Waals surface area contributed by atoms with Gasteiger partial charge in [-0.05, 0) is 56.2 Å². The lowest BCUT2D eigenvalue weighted by Gasteiger charge is -2.26. The van der Waals surface area contributed by atoms with Crippen molar-refractivity contribution in [1.29, 1.82) is 0 Å². The van der Waals surface area contributed by atoms with E-state index >= 15 is 0 Å². The fraction of sp³-hybridized carbons (Fsp3) is 0.320. The number of anilines is 1. The average Bonchev–Trinajstić information content (AvgIpc) is 3.21. The van der Waals surface area contributed by atoms with Gasteiger partial charge < -0.3 is 10.6 Å². The molecule has 186 valence electrons. The highest BCUT2D eigenvalue weighted by molar-refractivity contribution is 5.98. The molecule has 1 aromatic heterocycles. The lowest BCUT2D eigenvalue weighted by Crippen LogP contribution is -2.48. The van der Waals surface area contributed by atoms with Crippen molar-refractivity contribution in [2.24, 2.45) is 0 Å². The molecule has 2 amide bonds. The van der Waals surface area contributed by atoms with E-state index in [4.69, 9.17) is 0 Å². The van der Waals surface area contributed by atoms with Gasteiger partial charge in [0.2, 0.25) is 11.8 Å². The second-order valence-electron chi connectivity index (χ2n) is 9.42. The molecule has 1 atom stereocenters.